The molecule has 8 heteroatoms. The maximum absolute atomic E-state index is 13.3. The smallest absolute Gasteiger partial charge is 0.248 e. The fraction of sp³-hybridized carbons (Fsp3) is 0.350. The van der Waals surface area contributed by atoms with Gasteiger partial charge in [0.1, 0.15) is 17.6 Å². The van der Waals surface area contributed by atoms with E-state index in [9.17, 15) is 17.6 Å². The number of ether oxygens (including phenoxy) is 1. The van der Waals surface area contributed by atoms with E-state index >= 15 is 0 Å². The van der Waals surface area contributed by atoms with E-state index in [0.717, 1.165) is 22.7 Å². The van der Waals surface area contributed by atoms with Gasteiger partial charge in [0.2, 0.25) is 15.9 Å². The lowest BCUT2D eigenvalue weighted by Crippen LogP contribution is -2.47. The summed E-state index contributed by atoms with van der Waals surface area (Å²) < 4.78 is 44.8. The third kappa shape index (κ3) is 5.45. The molecule has 1 atom stereocenters. The molecule has 1 N–H and O–H groups in total. The van der Waals surface area contributed by atoms with Crippen molar-refractivity contribution in [3.63, 3.8) is 0 Å². The first-order valence-corrected chi connectivity index (χ1v) is 10.8. The van der Waals surface area contributed by atoms with E-state index in [4.69, 9.17) is 4.74 Å². The zero-order valence-corrected chi connectivity index (χ0v) is 17.2. The molecular formula is C20H25FN2O4S. The van der Waals surface area contributed by atoms with Crippen LogP contribution in [0.25, 0.3) is 0 Å². The van der Waals surface area contributed by atoms with Gasteiger partial charge in [-0.1, -0.05) is 19.1 Å². The topological polar surface area (TPSA) is 75.7 Å². The van der Waals surface area contributed by atoms with Crippen LogP contribution in [0.15, 0.2) is 48.5 Å². The molecule has 2 rings (SSSR count). The number of halogens is 1. The molecule has 0 bridgehead atoms. The van der Waals surface area contributed by atoms with Gasteiger partial charge in [0.25, 0.3) is 0 Å². The van der Waals surface area contributed by atoms with Gasteiger partial charge < -0.3 is 10.1 Å². The van der Waals surface area contributed by atoms with Crippen molar-refractivity contribution in [2.75, 3.05) is 15.9 Å². The van der Waals surface area contributed by atoms with E-state index in [1.165, 1.54) is 12.1 Å². The Balaban J connectivity index is 2.36. The Bertz CT molecular complexity index is 914. The third-order valence-electron chi connectivity index (χ3n) is 3.92. The van der Waals surface area contributed by atoms with Crippen LogP contribution in [0, 0.1) is 5.82 Å². The molecule has 2 aromatic carbocycles. The molecule has 0 aliphatic heterocycles. The van der Waals surface area contributed by atoms with Crippen molar-refractivity contribution in [1.29, 1.82) is 0 Å². The molecule has 1 amide bonds. The molecule has 0 saturated carbocycles. The Morgan fingerprint density at radius 1 is 1.14 bits per heavy atom. The highest BCUT2D eigenvalue weighted by atomic mass is 32.2. The van der Waals surface area contributed by atoms with Crippen LogP contribution in [0.3, 0.4) is 0 Å². The predicted molar refractivity (Wildman–Crippen MR) is 109 cm³/mol. The van der Waals surface area contributed by atoms with Crippen LogP contribution < -0.4 is 14.4 Å². The van der Waals surface area contributed by atoms with Crippen LogP contribution in [-0.2, 0) is 14.8 Å². The minimum atomic E-state index is -3.79. The molecular weight excluding hydrogens is 383 g/mol. The molecule has 6 nitrogen and oxygen atoms in total. The minimum absolute atomic E-state index is 0.0910. The zero-order chi connectivity index (χ0) is 20.9. The summed E-state index contributed by atoms with van der Waals surface area (Å²) in [5.74, 6) is -0.500. The Labute approximate surface area is 165 Å². The van der Waals surface area contributed by atoms with E-state index in [2.05, 4.69) is 5.32 Å². The second-order valence-corrected chi connectivity index (χ2v) is 8.47. The fourth-order valence-electron chi connectivity index (χ4n) is 2.79. The Hall–Kier alpha value is -2.61. The number of rotatable bonds is 8. The first kappa shape index (κ1) is 21.7. The quantitative estimate of drug-likeness (QED) is 0.721. The van der Waals surface area contributed by atoms with Gasteiger partial charge in [0, 0.05) is 0 Å². The molecule has 0 aliphatic carbocycles. The van der Waals surface area contributed by atoms with Crippen LogP contribution in [0.2, 0.25) is 0 Å². The van der Waals surface area contributed by atoms with Crippen molar-refractivity contribution in [2.24, 2.45) is 0 Å². The highest BCUT2D eigenvalue weighted by Gasteiger charge is 2.32. The minimum Gasteiger partial charge on any atom is -0.489 e. The van der Waals surface area contributed by atoms with Gasteiger partial charge in [-0.15, -0.1) is 0 Å². The predicted octanol–water partition coefficient (Wildman–Crippen LogP) is 3.80. The van der Waals surface area contributed by atoms with Gasteiger partial charge in [-0.3, -0.25) is 9.10 Å². The summed E-state index contributed by atoms with van der Waals surface area (Å²) in [6, 6.07) is 10.9. The maximum Gasteiger partial charge on any atom is 0.248 e. The zero-order valence-electron chi connectivity index (χ0n) is 16.3. The third-order valence-corrected chi connectivity index (χ3v) is 5.10. The first-order chi connectivity index (χ1) is 13.1. The molecule has 0 aromatic heterocycles. The summed E-state index contributed by atoms with van der Waals surface area (Å²) in [5.41, 5.74) is 0.671. The second-order valence-electron chi connectivity index (χ2n) is 6.61. The molecule has 152 valence electrons. The Kier molecular flexibility index (Phi) is 7.01. The number of carbonyl (C=O) groups is 1. The van der Waals surface area contributed by atoms with Gasteiger partial charge in [0.05, 0.1) is 23.7 Å². The van der Waals surface area contributed by atoms with Crippen LogP contribution in [0.1, 0.15) is 27.2 Å². The average Bonchev–Trinajstić information content (AvgIpc) is 2.60. The molecule has 0 aliphatic rings. The summed E-state index contributed by atoms with van der Waals surface area (Å²) in [6.07, 6.45) is 1.15. The lowest BCUT2D eigenvalue weighted by Gasteiger charge is -2.30. The lowest BCUT2D eigenvalue weighted by molar-refractivity contribution is -0.117. The maximum atomic E-state index is 13.3. The molecule has 0 saturated heterocycles. The summed E-state index contributed by atoms with van der Waals surface area (Å²) in [5, 5.41) is 2.76. The first-order valence-electron chi connectivity index (χ1n) is 8.95. The van der Waals surface area contributed by atoms with E-state index in [1.807, 2.05) is 13.8 Å². The number of nitrogens with zero attached hydrogens (tertiary/aromatic N) is 1. The number of carbonyl (C=O) groups excluding carboxylic acids is 1. The van der Waals surface area contributed by atoms with Gasteiger partial charge >= 0.3 is 0 Å². The van der Waals surface area contributed by atoms with E-state index in [-0.39, 0.29) is 18.2 Å². The van der Waals surface area contributed by atoms with Crippen molar-refractivity contribution >= 4 is 27.3 Å². The van der Waals surface area contributed by atoms with Crippen LogP contribution in [-0.4, -0.2) is 32.7 Å². The van der Waals surface area contributed by atoms with Gasteiger partial charge in [0.15, 0.2) is 0 Å². The molecule has 2 aromatic rings. The number of benzene rings is 2. The number of sulfonamides is 1. The summed E-state index contributed by atoms with van der Waals surface area (Å²) in [6.45, 7) is 5.45. The number of anilines is 2. The summed E-state index contributed by atoms with van der Waals surface area (Å²) >= 11 is 0. The fourth-order valence-corrected chi connectivity index (χ4v) is 4.00. The number of amides is 1. The number of nitrogens with one attached hydrogen (secondary N) is 1. The molecule has 1 unspecified atom stereocenters. The van der Waals surface area contributed by atoms with Crippen LogP contribution in [0.4, 0.5) is 15.8 Å². The summed E-state index contributed by atoms with van der Waals surface area (Å²) in [4.78, 5) is 13.0. The standard InChI is InChI=1S/C20H25FN2O4S/c1-5-18(23(28(4,25)26)16-12-10-15(21)11-13-16)20(24)22-17-8-6-7-9-19(17)27-14(2)3/h6-14,18H,5H2,1-4H3,(H,22,24). The van der Waals surface area contributed by atoms with Gasteiger partial charge in [-0.25, -0.2) is 12.8 Å². The molecule has 0 heterocycles. The van der Waals surface area contributed by atoms with Gasteiger partial charge in [-0.2, -0.15) is 0 Å². The lowest BCUT2D eigenvalue weighted by atomic mass is 10.1. The molecule has 0 spiro atoms. The normalized spacial score (nSPS) is 12.5. The van der Waals surface area contributed by atoms with Gasteiger partial charge in [-0.05, 0) is 56.7 Å². The van der Waals surface area contributed by atoms with Crippen LogP contribution in [0.5, 0.6) is 5.75 Å². The van der Waals surface area contributed by atoms with Crippen molar-refractivity contribution in [2.45, 2.75) is 39.3 Å². The number of para-hydroxylation sites is 2. The molecule has 0 radical (unpaired) electrons. The molecule has 28 heavy (non-hydrogen) atoms. The average molecular weight is 408 g/mol. The summed E-state index contributed by atoms with van der Waals surface area (Å²) in [7, 11) is -3.79. The second kappa shape index (κ2) is 9.05. The Morgan fingerprint density at radius 2 is 1.75 bits per heavy atom. The van der Waals surface area contributed by atoms with E-state index in [0.29, 0.717) is 11.4 Å². The number of hydrogen-bond donors (Lipinski definition) is 1. The Morgan fingerprint density at radius 3 is 2.29 bits per heavy atom. The highest BCUT2D eigenvalue weighted by molar-refractivity contribution is 7.92. The molecule has 0 fully saturated rings. The van der Waals surface area contributed by atoms with E-state index < -0.39 is 27.8 Å². The van der Waals surface area contributed by atoms with Crippen molar-refractivity contribution in [3.8, 4) is 5.75 Å². The SMILES string of the molecule is CCC(C(=O)Nc1ccccc1OC(C)C)N(c1ccc(F)cc1)S(C)(=O)=O. The van der Waals surface area contributed by atoms with Crippen molar-refractivity contribution in [1.82, 2.24) is 0 Å². The largest absolute Gasteiger partial charge is 0.489 e. The monoisotopic (exact) mass is 408 g/mol. The van der Waals surface area contributed by atoms with Crippen molar-refractivity contribution in [3.05, 3.63) is 54.3 Å². The van der Waals surface area contributed by atoms with Crippen LogP contribution >= 0.6 is 0 Å². The van der Waals surface area contributed by atoms with Crippen molar-refractivity contribution < 1.29 is 22.3 Å². The highest BCUT2D eigenvalue weighted by Crippen LogP contribution is 2.27. The number of hydrogen-bond acceptors (Lipinski definition) is 4. The van der Waals surface area contributed by atoms with E-state index in [1.54, 1.807) is 31.2 Å².